The molecule has 0 amide bonds. The van der Waals surface area contributed by atoms with Gasteiger partial charge in [-0.15, -0.1) is 0 Å². The Labute approximate surface area is 66.0 Å². The number of allylic oxidation sites excluding steroid dienone is 3. The lowest BCUT2D eigenvalue weighted by atomic mass is 9.82. The third kappa shape index (κ3) is 1.05. The topological polar surface area (TPSA) is 0 Å². The van der Waals surface area contributed by atoms with E-state index in [2.05, 4.69) is 38.4 Å². The second-order valence-electron chi connectivity index (χ2n) is 3.09. The fourth-order valence-electron chi connectivity index (χ4n) is 1.24. The Balaban J connectivity index is 2.89. The molecule has 0 spiro atoms. The predicted octanol–water partition coefficient (Wildman–Crippen LogP) is 2.29. The third-order valence-corrected chi connectivity index (χ3v) is 5.79. The fraction of sp³-hybridized carbons (Fsp3) is 0.500. The molecule has 0 bridgehead atoms. The van der Waals surface area contributed by atoms with Crippen molar-refractivity contribution in [2.45, 2.75) is 13.7 Å². The first-order valence-corrected chi connectivity index (χ1v) is 6.15. The van der Waals surface area contributed by atoms with E-state index >= 15 is 0 Å². The van der Waals surface area contributed by atoms with Crippen molar-refractivity contribution in [3.8, 4) is 0 Å². The minimum absolute atomic E-state index is 0.494. The second-order valence-corrected chi connectivity index (χ2v) is 6.91. The van der Waals surface area contributed by atoms with Gasteiger partial charge in [-0.1, -0.05) is 23.8 Å². The van der Waals surface area contributed by atoms with E-state index in [4.69, 9.17) is 0 Å². The summed E-state index contributed by atoms with van der Waals surface area (Å²) in [5.41, 5.74) is 0. The Bertz CT molecular complexity index is 201. The van der Waals surface area contributed by atoms with Crippen LogP contribution in [0.2, 0.25) is 6.82 Å². The summed E-state index contributed by atoms with van der Waals surface area (Å²) in [6.07, 6.45) is 9.32. The first-order chi connectivity index (χ1) is 4.59. The Morgan fingerprint density at radius 2 is 1.90 bits per heavy atom. The van der Waals surface area contributed by atoms with Crippen molar-refractivity contribution in [2.24, 2.45) is 0 Å². The second kappa shape index (κ2) is 2.50. The van der Waals surface area contributed by atoms with Crippen molar-refractivity contribution >= 4 is 17.3 Å². The molecule has 0 nitrogen and oxygen atoms in total. The number of rotatable bonds is 1. The van der Waals surface area contributed by atoms with Gasteiger partial charge in [0.25, 0.3) is 0 Å². The lowest BCUT2D eigenvalue weighted by molar-refractivity contribution is 1.67. The molecule has 0 atom stereocenters. The normalized spacial score (nSPS) is 25.2. The smallest absolute Gasteiger partial charge is 0.161 e. The molecule has 0 aliphatic carbocycles. The van der Waals surface area contributed by atoms with Gasteiger partial charge in [-0.2, -0.15) is 0 Å². The summed E-state index contributed by atoms with van der Waals surface area (Å²) < 4.78 is 0. The van der Waals surface area contributed by atoms with Crippen LogP contribution in [0.15, 0.2) is 21.9 Å². The molecule has 2 heteroatoms. The monoisotopic (exact) mass is 154 g/mol. The molecule has 1 aliphatic rings. The maximum absolute atomic E-state index is 2.38. The van der Waals surface area contributed by atoms with Gasteiger partial charge in [0.05, 0.1) is 0 Å². The maximum Gasteiger partial charge on any atom is 0.161 e. The molecule has 0 unspecified atom stereocenters. The molecule has 0 aromatic rings. The minimum Gasteiger partial charge on any atom is -0.210 e. The van der Waals surface area contributed by atoms with Crippen LogP contribution in [0, 0.1) is 0 Å². The van der Waals surface area contributed by atoms with Crippen LogP contribution in [-0.2, 0) is 0 Å². The van der Waals surface area contributed by atoms with E-state index in [-0.39, 0.29) is 0 Å². The van der Waals surface area contributed by atoms with E-state index in [0.29, 0.717) is 0 Å². The summed E-state index contributed by atoms with van der Waals surface area (Å²) in [7, 11) is 0.725. The zero-order valence-corrected chi connectivity index (χ0v) is 8.09. The Morgan fingerprint density at radius 3 is 2.10 bits per heavy atom. The van der Waals surface area contributed by atoms with Crippen LogP contribution in [0.5, 0.6) is 0 Å². The predicted molar refractivity (Wildman–Crippen MR) is 54.3 cm³/mol. The Morgan fingerprint density at radius 1 is 1.30 bits per heavy atom. The number of hydrogen-bond donors (Lipinski definition) is 0. The van der Waals surface area contributed by atoms with Crippen LogP contribution in [0.3, 0.4) is 0 Å². The SMILES string of the molecule is CBC1=CC=C(C)S1(C)C. The van der Waals surface area contributed by atoms with Gasteiger partial charge in [0.15, 0.2) is 7.28 Å². The summed E-state index contributed by atoms with van der Waals surface area (Å²) in [5, 5.41) is 0. The molecule has 0 N–H and O–H groups in total. The van der Waals surface area contributed by atoms with Gasteiger partial charge in [0.1, 0.15) is 0 Å². The molecule has 0 aromatic carbocycles. The van der Waals surface area contributed by atoms with Gasteiger partial charge < -0.3 is 0 Å². The Kier molecular flexibility index (Phi) is 2.00. The van der Waals surface area contributed by atoms with Crippen LogP contribution in [-0.4, -0.2) is 19.8 Å². The number of hydrogen-bond acceptors (Lipinski definition) is 0. The molecule has 1 rings (SSSR count). The van der Waals surface area contributed by atoms with Crippen molar-refractivity contribution in [3.05, 3.63) is 21.9 Å². The molecule has 0 aromatic heterocycles. The van der Waals surface area contributed by atoms with E-state index in [9.17, 15) is 0 Å². The summed E-state index contributed by atoms with van der Waals surface area (Å²) in [5.74, 6) is 0. The van der Waals surface area contributed by atoms with Crippen molar-refractivity contribution in [1.29, 1.82) is 0 Å². The highest BCUT2D eigenvalue weighted by atomic mass is 32.3. The van der Waals surface area contributed by atoms with Gasteiger partial charge in [-0.25, -0.2) is 10.0 Å². The maximum atomic E-state index is 2.38. The molecule has 10 heavy (non-hydrogen) atoms. The van der Waals surface area contributed by atoms with E-state index in [1.54, 1.807) is 9.71 Å². The van der Waals surface area contributed by atoms with E-state index in [0.717, 1.165) is 0 Å². The van der Waals surface area contributed by atoms with Crippen molar-refractivity contribution in [1.82, 2.24) is 0 Å². The molecule has 0 saturated heterocycles. The van der Waals surface area contributed by atoms with Crippen LogP contribution < -0.4 is 0 Å². The largest absolute Gasteiger partial charge is 0.210 e. The van der Waals surface area contributed by atoms with Gasteiger partial charge in [0.2, 0.25) is 0 Å². The van der Waals surface area contributed by atoms with Crippen molar-refractivity contribution < 1.29 is 0 Å². The van der Waals surface area contributed by atoms with Crippen LogP contribution in [0.4, 0.5) is 0 Å². The average Bonchev–Trinajstić information content (AvgIpc) is 2.10. The van der Waals surface area contributed by atoms with Gasteiger partial charge >= 0.3 is 0 Å². The summed E-state index contributed by atoms with van der Waals surface area (Å²) >= 11 is 0. The standard InChI is InChI=1S/C8H15BS/c1-7-5-6-8(9-2)10(7,3)4/h5-6,9H,1-4H3. The fourth-order valence-corrected chi connectivity index (χ4v) is 3.19. The van der Waals surface area contributed by atoms with E-state index in [1.807, 2.05) is 0 Å². The molecule has 0 fully saturated rings. The molecule has 0 radical (unpaired) electrons. The zero-order valence-electron chi connectivity index (χ0n) is 7.27. The van der Waals surface area contributed by atoms with E-state index < -0.39 is 10.0 Å². The molecule has 1 aliphatic heterocycles. The van der Waals surface area contributed by atoms with Gasteiger partial charge in [0, 0.05) is 0 Å². The summed E-state index contributed by atoms with van der Waals surface area (Å²) in [4.78, 5) is 3.22. The lowest BCUT2D eigenvalue weighted by Crippen LogP contribution is -2.00. The molecular weight excluding hydrogens is 139 g/mol. The van der Waals surface area contributed by atoms with Gasteiger partial charge in [-0.05, 0) is 24.3 Å². The highest BCUT2D eigenvalue weighted by Crippen LogP contribution is 2.58. The molecule has 0 saturated carbocycles. The van der Waals surface area contributed by atoms with Crippen molar-refractivity contribution in [2.75, 3.05) is 12.5 Å². The first-order valence-electron chi connectivity index (χ1n) is 3.70. The van der Waals surface area contributed by atoms with E-state index in [1.165, 1.54) is 7.28 Å². The first kappa shape index (κ1) is 8.00. The van der Waals surface area contributed by atoms with Crippen LogP contribution >= 0.6 is 10.0 Å². The third-order valence-electron chi connectivity index (χ3n) is 2.31. The van der Waals surface area contributed by atoms with Gasteiger partial charge in [-0.3, -0.25) is 0 Å². The molecular formula is C8H15BS. The minimum atomic E-state index is -0.494. The molecule has 56 valence electrons. The average molecular weight is 154 g/mol. The van der Waals surface area contributed by atoms with Crippen molar-refractivity contribution in [3.63, 3.8) is 0 Å². The van der Waals surface area contributed by atoms with Crippen LogP contribution in [0.25, 0.3) is 0 Å². The summed E-state index contributed by atoms with van der Waals surface area (Å²) in [6.45, 7) is 4.49. The van der Waals surface area contributed by atoms with Crippen LogP contribution in [0.1, 0.15) is 6.92 Å². The Hall–Kier alpha value is -0.105. The quantitative estimate of drug-likeness (QED) is 0.508. The summed E-state index contributed by atoms with van der Waals surface area (Å²) in [6, 6.07) is 0. The highest BCUT2D eigenvalue weighted by Gasteiger charge is 2.21. The molecule has 1 heterocycles. The zero-order chi connectivity index (χ0) is 7.78. The lowest BCUT2D eigenvalue weighted by Gasteiger charge is -2.31. The highest BCUT2D eigenvalue weighted by molar-refractivity contribution is 8.39.